The van der Waals surface area contributed by atoms with Crippen molar-refractivity contribution in [3.8, 4) is 0 Å². The Hall–Kier alpha value is -0.970. The van der Waals surface area contributed by atoms with Crippen LogP contribution in [0.3, 0.4) is 0 Å². The van der Waals surface area contributed by atoms with E-state index >= 15 is 0 Å². The van der Waals surface area contributed by atoms with Crippen molar-refractivity contribution in [2.45, 2.75) is 25.9 Å². The molecule has 1 rings (SSSR count). The molecule has 0 aliphatic rings. The number of rotatable bonds is 5. The van der Waals surface area contributed by atoms with Gasteiger partial charge < -0.3 is 4.74 Å². The molecule has 0 aliphatic heterocycles. The lowest BCUT2D eigenvalue weighted by molar-refractivity contribution is 0.0491. The lowest BCUT2D eigenvalue weighted by Crippen LogP contribution is -2.07. The first-order chi connectivity index (χ1) is 6.70. The van der Waals surface area contributed by atoms with E-state index in [9.17, 15) is 9.18 Å². The quantitative estimate of drug-likeness (QED) is 0.561. The third kappa shape index (κ3) is 3.83. The number of esters is 1. The zero-order chi connectivity index (χ0) is 10.4. The summed E-state index contributed by atoms with van der Waals surface area (Å²) in [4.78, 5) is 15.0. The maximum Gasteiger partial charge on any atom is 0.367 e. The Labute approximate surface area is 85.9 Å². The van der Waals surface area contributed by atoms with Crippen LogP contribution in [0.5, 0.6) is 0 Å². The average Bonchev–Trinajstić information content (AvgIpc) is 2.64. The van der Waals surface area contributed by atoms with Gasteiger partial charge in [-0.3, -0.25) is 0 Å². The van der Waals surface area contributed by atoms with Crippen LogP contribution in [-0.2, 0) is 4.74 Å². The standard InChI is InChI=1S/C9H12FNO2S/c1-7(10)3-2-5-13-9(12)8-11-4-6-14-8/h4,6-7H,2-3,5H2,1H3/t7-/m1/s1. The van der Waals surface area contributed by atoms with Crippen molar-refractivity contribution in [3.63, 3.8) is 0 Å². The summed E-state index contributed by atoms with van der Waals surface area (Å²) in [5.74, 6) is -0.425. The van der Waals surface area contributed by atoms with Crippen LogP contribution in [0.2, 0.25) is 0 Å². The summed E-state index contributed by atoms with van der Waals surface area (Å²) >= 11 is 1.24. The predicted octanol–water partition coefficient (Wildman–Crippen LogP) is 2.44. The molecule has 3 nitrogen and oxygen atoms in total. The van der Waals surface area contributed by atoms with Crippen molar-refractivity contribution in [1.82, 2.24) is 4.98 Å². The van der Waals surface area contributed by atoms with Gasteiger partial charge >= 0.3 is 5.97 Å². The molecule has 0 aliphatic carbocycles. The number of ether oxygens (including phenoxy) is 1. The Morgan fingerprint density at radius 1 is 1.79 bits per heavy atom. The molecule has 0 spiro atoms. The SMILES string of the molecule is C[C@@H](F)CCCOC(=O)c1nccs1. The van der Waals surface area contributed by atoms with Gasteiger partial charge in [-0.25, -0.2) is 14.2 Å². The van der Waals surface area contributed by atoms with Gasteiger partial charge in [-0.2, -0.15) is 0 Å². The number of aromatic nitrogens is 1. The molecular weight excluding hydrogens is 205 g/mol. The Morgan fingerprint density at radius 3 is 3.14 bits per heavy atom. The van der Waals surface area contributed by atoms with Crippen LogP contribution in [0.25, 0.3) is 0 Å². The van der Waals surface area contributed by atoms with Crippen molar-refractivity contribution in [3.05, 3.63) is 16.6 Å². The summed E-state index contributed by atoms with van der Waals surface area (Å²) in [5.41, 5.74) is 0. The molecule has 1 aromatic rings. The van der Waals surface area contributed by atoms with Gasteiger partial charge in [0.15, 0.2) is 0 Å². The molecular formula is C9H12FNO2S. The second kappa shape index (κ2) is 5.70. The summed E-state index contributed by atoms with van der Waals surface area (Å²) in [6, 6.07) is 0. The molecule has 0 bridgehead atoms. The molecule has 0 radical (unpaired) electrons. The largest absolute Gasteiger partial charge is 0.460 e. The van der Waals surface area contributed by atoms with E-state index in [1.807, 2.05) is 0 Å². The summed E-state index contributed by atoms with van der Waals surface area (Å²) in [6.07, 6.45) is 1.68. The number of halogens is 1. The minimum absolute atomic E-state index is 0.257. The second-order valence-electron chi connectivity index (χ2n) is 2.90. The summed E-state index contributed by atoms with van der Waals surface area (Å²) in [6.45, 7) is 1.75. The summed E-state index contributed by atoms with van der Waals surface area (Å²) in [5, 5.41) is 2.05. The van der Waals surface area contributed by atoms with Gasteiger partial charge in [0, 0.05) is 11.6 Å². The maximum absolute atomic E-state index is 12.3. The van der Waals surface area contributed by atoms with Gasteiger partial charge in [0.2, 0.25) is 5.01 Å². The summed E-state index contributed by atoms with van der Waals surface area (Å²) in [7, 11) is 0. The zero-order valence-electron chi connectivity index (χ0n) is 7.90. The van der Waals surface area contributed by atoms with E-state index in [1.54, 1.807) is 11.6 Å². The molecule has 14 heavy (non-hydrogen) atoms. The molecule has 1 heterocycles. The molecule has 0 saturated carbocycles. The van der Waals surface area contributed by atoms with Gasteiger partial charge in [0.1, 0.15) is 0 Å². The molecule has 0 N–H and O–H groups in total. The smallest absolute Gasteiger partial charge is 0.367 e. The minimum Gasteiger partial charge on any atom is -0.460 e. The molecule has 1 aromatic heterocycles. The molecule has 0 unspecified atom stereocenters. The third-order valence-electron chi connectivity index (χ3n) is 1.59. The number of hydrogen-bond donors (Lipinski definition) is 0. The third-order valence-corrected chi connectivity index (χ3v) is 2.34. The van der Waals surface area contributed by atoms with E-state index in [4.69, 9.17) is 4.74 Å². The van der Waals surface area contributed by atoms with E-state index < -0.39 is 12.1 Å². The summed E-state index contributed by atoms with van der Waals surface area (Å²) < 4.78 is 17.2. The van der Waals surface area contributed by atoms with Crippen molar-refractivity contribution in [2.75, 3.05) is 6.61 Å². The van der Waals surface area contributed by atoms with Crippen LogP contribution in [0.1, 0.15) is 29.6 Å². The highest BCUT2D eigenvalue weighted by atomic mass is 32.1. The van der Waals surface area contributed by atoms with E-state index in [1.165, 1.54) is 18.3 Å². The van der Waals surface area contributed by atoms with E-state index in [0.717, 1.165) is 0 Å². The van der Waals surface area contributed by atoms with Crippen LogP contribution in [0.15, 0.2) is 11.6 Å². The second-order valence-corrected chi connectivity index (χ2v) is 3.79. The normalized spacial score (nSPS) is 12.4. The molecule has 78 valence electrons. The van der Waals surface area contributed by atoms with Gasteiger partial charge in [-0.15, -0.1) is 11.3 Å². The number of carbonyl (C=O) groups excluding carboxylic acids is 1. The molecule has 1 atom stereocenters. The topological polar surface area (TPSA) is 39.2 Å². The van der Waals surface area contributed by atoms with Gasteiger partial charge in [0.05, 0.1) is 12.8 Å². The number of hydrogen-bond acceptors (Lipinski definition) is 4. The average molecular weight is 217 g/mol. The van der Waals surface area contributed by atoms with Crippen LogP contribution in [0.4, 0.5) is 4.39 Å². The van der Waals surface area contributed by atoms with Gasteiger partial charge in [-0.1, -0.05) is 0 Å². The Bertz CT molecular complexity index is 274. The number of alkyl halides is 1. The number of carbonyl (C=O) groups is 1. The van der Waals surface area contributed by atoms with Crippen molar-refractivity contribution in [1.29, 1.82) is 0 Å². The van der Waals surface area contributed by atoms with Crippen LogP contribution >= 0.6 is 11.3 Å². The van der Waals surface area contributed by atoms with Crippen molar-refractivity contribution >= 4 is 17.3 Å². The fourth-order valence-electron chi connectivity index (χ4n) is 0.915. The lowest BCUT2D eigenvalue weighted by Gasteiger charge is -2.02. The van der Waals surface area contributed by atoms with E-state index in [0.29, 0.717) is 17.8 Å². The number of thiazole rings is 1. The fourth-order valence-corrected chi connectivity index (χ4v) is 1.44. The van der Waals surface area contributed by atoms with Crippen molar-refractivity contribution in [2.24, 2.45) is 0 Å². The first kappa shape index (κ1) is 11.1. The lowest BCUT2D eigenvalue weighted by atomic mass is 10.2. The monoisotopic (exact) mass is 217 g/mol. The predicted molar refractivity (Wildman–Crippen MR) is 52.2 cm³/mol. The Balaban J connectivity index is 2.16. The number of nitrogens with zero attached hydrogens (tertiary/aromatic N) is 1. The maximum atomic E-state index is 12.3. The van der Waals surface area contributed by atoms with Crippen LogP contribution in [0, 0.1) is 0 Å². The van der Waals surface area contributed by atoms with Crippen LogP contribution in [-0.4, -0.2) is 23.7 Å². The van der Waals surface area contributed by atoms with E-state index in [2.05, 4.69) is 4.98 Å². The highest BCUT2D eigenvalue weighted by molar-refractivity contribution is 7.11. The molecule has 0 aromatic carbocycles. The molecule has 5 heteroatoms. The first-order valence-corrected chi connectivity index (χ1v) is 5.29. The van der Waals surface area contributed by atoms with E-state index in [-0.39, 0.29) is 6.61 Å². The highest BCUT2D eigenvalue weighted by Crippen LogP contribution is 2.07. The minimum atomic E-state index is -0.839. The molecule has 0 saturated heterocycles. The Kier molecular flexibility index (Phi) is 4.52. The highest BCUT2D eigenvalue weighted by Gasteiger charge is 2.09. The van der Waals surface area contributed by atoms with Crippen LogP contribution < -0.4 is 0 Å². The van der Waals surface area contributed by atoms with Gasteiger partial charge in [0.25, 0.3) is 0 Å². The first-order valence-electron chi connectivity index (χ1n) is 4.41. The molecule has 0 amide bonds. The zero-order valence-corrected chi connectivity index (χ0v) is 8.72. The van der Waals surface area contributed by atoms with Gasteiger partial charge in [-0.05, 0) is 19.8 Å². The molecule has 0 fully saturated rings. The Morgan fingerprint density at radius 2 is 2.57 bits per heavy atom. The fraction of sp³-hybridized carbons (Fsp3) is 0.556. The van der Waals surface area contributed by atoms with Crippen molar-refractivity contribution < 1.29 is 13.9 Å².